The molecule has 0 aliphatic rings. The largest absolute Gasteiger partial charge is 0.480 e. The highest BCUT2D eigenvalue weighted by Crippen LogP contribution is 2.14. The average Bonchev–Trinajstić information content (AvgIpc) is 3.80. The number of aliphatic carboxylic acids is 2. The van der Waals surface area contributed by atoms with Crippen molar-refractivity contribution in [2.75, 3.05) is 45.3 Å². The molecule has 1 heterocycles. The first-order valence-corrected chi connectivity index (χ1v) is 26.5. The fourth-order valence-corrected chi connectivity index (χ4v) is 8.02. The molecule has 25 heteroatoms. The maximum Gasteiger partial charge on any atom is 0.326 e. The molecule has 1 aromatic rings. The summed E-state index contributed by atoms with van der Waals surface area (Å²) in [4.78, 5) is 95.6. The van der Waals surface area contributed by atoms with Crippen LogP contribution in [-0.4, -0.2) is 142 Å². The van der Waals surface area contributed by atoms with Crippen LogP contribution >= 0.6 is 22.6 Å². The highest BCUT2D eigenvalue weighted by Gasteiger charge is 2.24. The quantitative estimate of drug-likeness (QED) is 0.0264. The van der Waals surface area contributed by atoms with Crippen molar-refractivity contribution in [1.29, 1.82) is 0 Å². The summed E-state index contributed by atoms with van der Waals surface area (Å²) >= 11 is 1.61. The summed E-state index contributed by atoms with van der Waals surface area (Å²) < 4.78 is 36.9. The molecule has 388 valence electrons. The highest BCUT2D eigenvalue weighted by molar-refractivity contribution is 14.1. The normalized spacial score (nSPS) is 12.1. The number of carboxylic acids is 2. The van der Waals surface area contributed by atoms with Gasteiger partial charge in [-0.1, -0.05) is 82.3 Å². The Bertz CT molecular complexity index is 1740. The summed E-state index contributed by atoms with van der Waals surface area (Å²) in [6, 6.07) is -2.82. The molecule has 0 bridgehead atoms. The number of rotatable bonds is 45. The van der Waals surface area contributed by atoms with E-state index in [-0.39, 0.29) is 99.9 Å². The Labute approximate surface area is 412 Å². The fraction of sp³-hybridized carbons (Fsp3) is 0.791. The lowest BCUT2D eigenvalue weighted by molar-refractivity contribution is -0.143. The number of hydrogen-bond donors (Lipinski definition) is 8. The molecule has 0 saturated heterocycles. The van der Waals surface area contributed by atoms with Crippen molar-refractivity contribution in [3.8, 4) is 0 Å². The molecule has 23 nitrogen and oxygen atoms in total. The minimum absolute atomic E-state index is 0.0219. The average molecular weight is 1100 g/mol. The smallest absolute Gasteiger partial charge is 0.326 e. The van der Waals surface area contributed by atoms with Crippen LogP contribution < -0.4 is 26.0 Å². The van der Waals surface area contributed by atoms with Crippen LogP contribution in [-0.2, 0) is 64.3 Å². The van der Waals surface area contributed by atoms with Gasteiger partial charge in [0, 0.05) is 74.2 Å². The summed E-state index contributed by atoms with van der Waals surface area (Å²) in [6.07, 6.45) is 15.5. The number of nitrogens with zero attached hydrogens (tertiary/aromatic N) is 3. The van der Waals surface area contributed by atoms with E-state index < -0.39 is 64.1 Å². The van der Waals surface area contributed by atoms with Gasteiger partial charge in [-0.25, -0.2) is 18.0 Å². The number of ether oxygens (including phenoxy) is 2. The molecule has 5 amide bonds. The van der Waals surface area contributed by atoms with Gasteiger partial charge in [-0.3, -0.25) is 33.5 Å². The van der Waals surface area contributed by atoms with Crippen molar-refractivity contribution in [3.05, 3.63) is 5.82 Å². The van der Waals surface area contributed by atoms with E-state index in [9.17, 15) is 57.0 Å². The summed E-state index contributed by atoms with van der Waals surface area (Å²) in [7, 11) is -3.87. The Morgan fingerprint density at radius 2 is 1.03 bits per heavy atom. The molecule has 2 atom stereocenters. The van der Waals surface area contributed by atoms with Gasteiger partial charge in [0.05, 0.1) is 25.6 Å². The maximum atomic E-state index is 12.5. The first-order valence-electron chi connectivity index (χ1n) is 23.7. The number of nitrogens with one attached hydrogen (secondary N) is 6. The second-order valence-corrected chi connectivity index (χ2v) is 19.4. The number of unbranched alkanes of at least 4 members (excludes halogenated alkanes) is 14. The number of carbonyl (C=O) groups excluding carboxylic acids is 6. The molecule has 1 aromatic heterocycles. The van der Waals surface area contributed by atoms with E-state index in [1.54, 1.807) is 22.6 Å². The number of hydrogen-bond acceptors (Lipinski definition) is 15. The molecule has 0 radical (unpaired) electrons. The third-order valence-electron chi connectivity index (χ3n) is 10.4. The van der Waals surface area contributed by atoms with Crippen LogP contribution in [0.3, 0.4) is 0 Å². The van der Waals surface area contributed by atoms with Crippen molar-refractivity contribution in [1.82, 2.24) is 46.6 Å². The molecule has 0 aromatic carbocycles. The van der Waals surface area contributed by atoms with E-state index in [1.165, 1.54) is 44.9 Å². The van der Waals surface area contributed by atoms with Gasteiger partial charge in [0.1, 0.15) is 18.7 Å². The lowest BCUT2D eigenvalue weighted by Gasteiger charge is -2.17. The zero-order valence-electron chi connectivity index (χ0n) is 39.2. The molecule has 68 heavy (non-hydrogen) atoms. The van der Waals surface area contributed by atoms with Gasteiger partial charge >= 0.3 is 11.9 Å². The predicted octanol–water partition coefficient (Wildman–Crippen LogP) is 2.92. The minimum atomic E-state index is -3.87. The van der Waals surface area contributed by atoms with Gasteiger partial charge in [-0.05, 0) is 44.9 Å². The molecular weight excluding hydrogens is 1030 g/mol. The van der Waals surface area contributed by atoms with Gasteiger partial charge in [0.25, 0.3) is 0 Å². The first kappa shape index (κ1) is 61.6. The van der Waals surface area contributed by atoms with Crippen molar-refractivity contribution in [2.24, 2.45) is 0 Å². The lowest BCUT2D eigenvalue weighted by Crippen LogP contribution is -2.44. The third kappa shape index (κ3) is 36.6. The van der Waals surface area contributed by atoms with E-state index in [0.29, 0.717) is 25.7 Å². The van der Waals surface area contributed by atoms with E-state index in [0.717, 1.165) is 44.3 Å². The lowest BCUT2D eigenvalue weighted by atomic mass is 10.0. The van der Waals surface area contributed by atoms with Crippen LogP contribution in [0.2, 0.25) is 0 Å². The molecule has 0 fully saturated rings. The van der Waals surface area contributed by atoms with Crippen molar-refractivity contribution in [2.45, 2.75) is 173 Å². The Kier molecular flexibility index (Phi) is 35.8. The topological polar surface area (TPSA) is 344 Å². The molecule has 0 aliphatic heterocycles. The SMILES string of the molecule is O=C(I)COCCOCCNC(=O)CC[C@H](NC(=O)CC[C@H](NC(=O)CCCCCNC(=O)CCCS(=O)(=O)NC(=O)CCCCCCCCCCCCCCCc1nn[nH]n1)C(=O)O)C(=O)O. The van der Waals surface area contributed by atoms with Gasteiger partial charge in [-0.2, -0.15) is 5.21 Å². The summed E-state index contributed by atoms with van der Waals surface area (Å²) in [6.45, 7) is 0.975. The number of halogens is 1. The van der Waals surface area contributed by atoms with Crippen LogP contribution in [0.1, 0.15) is 160 Å². The number of carbonyl (C=O) groups is 8. The molecule has 0 spiro atoms. The number of carboxylic acid groups (broad SMARTS) is 2. The monoisotopic (exact) mass is 1100 g/mol. The fourth-order valence-electron chi connectivity index (χ4n) is 6.73. The first-order chi connectivity index (χ1) is 32.6. The van der Waals surface area contributed by atoms with Crippen molar-refractivity contribution in [3.63, 3.8) is 0 Å². The molecule has 0 saturated carbocycles. The Balaban J connectivity index is 2.09. The van der Waals surface area contributed by atoms with Crippen LogP contribution in [0.25, 0.3) is 0 Å². The number of aromatic nitrogens is 4. The third-order valence-corrected chi connectivity index (χ3v) is 12.1. The van der Waals surface area contributed by atoms with Gasteiger partial charge < -0.3 is 41.0 Å². The summed E-state index contributed by atoms with van der Waals surface area (Å²) in [5, 5.41) is 42.9. The second kappa shape index (κ2) is 39.5. The van der Waals surface area contributed by atoms with Gasteiger partial charge in [0.15, 0.2) is 5.82 Å². The van der Waals surface area contributed by atoms with Gasteiger partial charge in [-0.15, -0.1) is 10.2 Å². The zero-order valence-corrected chi connectivity index (χ0v) is 42.2. The summed E-state index contributed by atoms with van der Waals surface area (Å²) in [5.74, 6) is -5.07. The number of aromatic amines is 1. The standard InChI is InChI=1S/C43H74IN9O14S/c44-35(54)32-67-30-29-66-28-27-46-38(56)24-22-33(42(60)61)48-40(58)25-23-34(43(62)63)47-39(57)19-15-12-16-26-45-37(55)21-17-31-68(64,65)51-41(59)20-14-11-9-7-5-3-1-2-4-6-8-10-13-18-36-49-52-53-50-36/h33-34H,1-32H2,(H,45,55)(H,46,56)(H,47,57)(H,48,58)(H,51,59)(H,60,61)(H,62,63)(H,49,50,52,53)/t33-,34-/m0/s1. The zero-order chi connectivity index (χ0) is 50.3. The summed E-state index contributed by atoms with van der Waals surface area (Å²) in [5.41, 5.74) is 0. The number of aryl methyl sites for hydroxylation is 1. The number of sulfonamides is 1. The van der Waals surface area contributed by atoms with E-state index in [1.807, 2.05) is 0 Å². The molecule has 8 N–H and O–H groups in total. The highest BCUT2D eigenvalue weighted by atomic mass is 127. The number of H-pyrrole nitrogens is 1. The minimum Gasteiger partial charge on any atom is -0.480 e. The van der Waals surface area contributed by atoms with Crippen LogP contribution in [0, 0.1) is 0 Å². The number of tetrazole rings is 1. The van der Waals surface area contributed by atoms with Crippen LogP contribution in [0.5, 0.6) is 0 Å². The van der Waals surface area contributed by atoms with E-state index >= 15 is 0 Å². The van der Waals surface area contributed by atoms with Crippen LogP contribution in [0.4, 0.5) is 0 Å². The van der Waals surface area contributed by atoms with Crippen molar-refractivity contribution >= 4 is 77.9 Å². The van der Waals surface area contributed by atoms with Crippen LogP contribution in [0.15, 0.2) is 0 Å². The molecule has 0 aliphatic carbocycles. The Hall–Kier alpha value is -4.37. The Morgan fingerprint density at radius 1 is 0.559 bits per heavy atom. The van der Waals surface area contributed by atoms with Gasteiger partial charge in [0.2, 0.25) is 43.3 Å². The van der Waals surface area contributed by atoms with E-state index in [4.69, 9.17) is 9.47 Å². The predicted molar refractivity (Wildman–Crippen MR) is 256 cm³/mol. The molecule has 1 rings (SSSR count). The maximum absolute atomic E-state index is 12.5. The van der Waals surface area contributed by atoms with Crippen molar-refractivity contribution < 1.29 is 66.5 Å². The second-order valence-electron chi connectivity index (χ2n) is 16.4. The molecule has 0 unspecified atom stereocenters. The Morgan fingerprint density at radius 3 is 1.59 bits per heavy atom. The van der Waals surface area contributed by atoms with E-state index in [2.05, 4.69) is 46.6 Å². The number of amides is 5. The molecular formula is C43H74IN9O14S.